The molecule has 1 heterocycles. The summed E-state index contributed by atoms with van der Waals surface area (Å²) in [6.07, 6.45) is 8.27. The molecular weight excluding hydrogens is 220 g/mol. The molecule has 1 aliphatic heterocycles. The SMILES string of the molecule is CCCCCCCCN1Cc2ccc(N)cc2C1. The Balaban J connectivity index is 1.65. The summed E-state index contributed by atoms with van der Waals surface area (Å²) in [6.45, 7) is 5.72. The van der Waals surface area contributed by atoms with Gasteiger partial charge in [0.15, 0.2) is 0 Å². The lowest BCUT2D eigenvalue weighted by Gasteiger charge is -2.14. The van der Waals surface area contributed by atoms with Crippen molar-refractivity contribution < 1.29 is 0 Å². The molecule has 2 heteroatoms. The van der Waals surface area contributed by atoms with E-state index in [1.807, 2.05) is 6.07 Å². The minimum absolute atomic E-state index is 0.898. The second kappa shape index (κ2) is 6.79. The normalized spacial score (nSPS) is 14.9. The van der Waals surface area contributed by atoms with Crippen LogP contribution in [0.2, 0.25) is 0 Å². The zero-order chi connectivity index (χ0) is 12.8. The lowest BCUT2D eigenvalue weighted by atomic mass is 10.1. The van der Waals surface area contributed by atoms with E-state index in [2.05, 4.69) is 24.0 Å². The van der Waals surface area contributed by atoms with Crippen LogP contribution in [-0.2, 0) is 13.1 Å². The van der Waals surface area contributed by atoms with Gasteiger partial charge in [-0.15, -0.1) is 0 Å². The number of nitrogen functional groups attached to an aromatic ring is 1. The van der Waals surface area contributed by atoms with Crippen LogP contribution in [0.1, 0.15) is 56.6 Å². The molecule has 0 bridgehead atoms. The zero-order valence-electron chi connectivity index (χ0n) is 11.6. The van der Waals surface area contributed by atoms with Crippen LogP contribution in [-0.4, -0.2) is 11.4 Å². The Labute approximate surface area is 111 Å². The molecule has 1 aromatic rings. The minimum atomic E-state index is 0.898. The van der Waals surface area contributed by atoms with E-state index in [0.717, 1.165) is 18.8 Å². The molecular formula is C16H26N2. The van der Waals surface area contributed by atoms with Gasteiger partial charge in [-0.2, -0.15) is 0 Å². The number of rotatable bonds is 7. The molecule has 0 radical (unpaired) electrons. The fraction of sp³-hybridized carbons (Fsp3) is 0.625. The molecule has 100 valence electrons. The van der Waals surface area contributed by atoms with Gasteiger partial charge in [-0.1, -0.05) is 45.1 Å². The van der Waals surface area contributed by atoms with Gasteiger partial charge in [-0.25, -0.2) is 0 Å². The summed E-state index contributed by atoms with van der Waals surface area (Å²) >= 11 is 0. The highest BCUT2D eigenvalue weighted by Crippen LogP contribution is 2.24. The van der Waals surface area contributed by atoms with Gasteiger partial charge in [0, 0.05) is 18.8 Å². The van der Waals surface area contributed by atoms with Gasteiger partial charge in [-0.05, 0) is 36.2 Å². The topological polar surface area (TPSA) is 29.3 Å². The third kappa shape index (κ3) is 3.74. The van der Waals surface area contributed by atoms with Crippen molar-refractivity contribution in [2.24, 2.45) is 0 Å². The van der Waals surface area contributed by atoms with Crippen molar-refractivity contribution in [3.63, 3.8) is 0 Å². The number of anilines is 1. The van der Waals surface area contributed by atoms with Crippen LogP contribution in [0.15, 0.2) is 18.2 Å². The third-order valence-electron chi connectivity index (χ3n) is 3.85. The predicted molar refractivity (Wildman–Crippen MR) is 78.3 cm³/mol. The fourth-order valence-electron chi connectivity index (χ4n) is 2.76. The molecule has 18 heavy (non-hydrogen) atoms. The van der Waals surface area contributed by atoms with Gasteiger partial charge in [-0.3, -0.25) is 4.90 Å². The van der Waals surface area contributed by atoms with E-state index in [9.17, 15) is 0 Å². The van der Waals surface area contributed by atoms with E-state index < -0.39 is 0 Å². The molecule has 0 aromatic heterocycles. The van der Waals surface area contributed by atoms with Gasteiger partial charge < -0.3 is 5.73 Å². The Bertz CT molecular complexity index is 373. The van der Waals surface area contributed by atoms with Crippen LogP contribution in [0.5, 0.6) is 0 Å². The number of nitrogens with two attached hydrogens (primary N) is 1. The van der Waals surface area contributed by atoms with E-state index in [0.29, 0.717) is 0 Å². The summed E-state index contributed by atoms with van der Waals surface area (Å²) < 4.78 is 0. The van der Waals surface area contributed by atoms with E-state index in [-0.39, 0.29) is 0 Å². The van der Waals surface area contributed by atoms with E-state index >= 15 is 0 Å². The van der Waals surface area contributed by atoms with Gasteiger partial charge in [0.05, 0.1) is 0 Å². The maximum Gasteiger partial charge on any atom is 0.0317 e. The maximum atomic E-state index is 5.83. The smallest absolute Gasteiger partial charge is 0.0317 e. The van der Waals surface area contributed by atoms with E-state index in [1.54, 1.807) is 0 Å². The second-order valence-corrected chi connectivity index (χ2v) is 5.51. The number of unbranched alkanes of at least 4 members (excludes halogenated alkanes) is 5. The first-order valence-electron chi connectivity index (χ1n) is 7.39. The van der Waals surface area contributed by atoms with Gasteiger partial charge in [0.1, 0.15) is 0 Å². The van der Waals surface area contributed by atoms with Crippen molar-refractivity contribution in [1.82, 2.24) is 4.90 Å². The quantitative estimate of drug-likeness (QED) is 0.583. The van der Waals surface area contributed by atoms with Crippen molar-refractivity contribution in [2.75, 3.05) is 12.3 Å². The molecule has 1 aromatic carbocycles. The molecule has 0 aliphatic carbocycles. The zero-order valence-corrected chi connectivity index (χ0v) is 11.6. The highest BCUT2D eigenvalue weighted by molar-refractivity contribution is 5.46. The average molecular weight is 246 g/mol. The lowest BCUT2D eigenvalue weighted by molar-refractivity contribution is 0.276. The first-order chi connectivity index (χ1) is 8.79. The van der Waals surface area contributed by atoms with Crippen molar-refractivity contribution in [3.05, 3.63) is 29.3 Å². The van der Waals surface area contributed by atoms with Crippen LogP contribution in [0.3, 0.4) is 0 Å². The van der Waals surface area contributed by atoms with Crippen molar-refractivity contribution in [1.29, 1.82) is 0 Å². The van der Waals surface area contributed by atoms with Gasteiger partial charge >= 0.3 is 0 Å². The Morgan fingerprint density at radius 1 is 1.00 bits per heavy atom. The largest absolute Gasteiger partial charge is 0.399 e. The van der Waals surface area contributed by atoms with Gasteiger partial charge in [0.2, 0.25) is 0 Å². The van der Waals surface area contributed by atoms with Crippen LogP contribution in [0.25, 0.3) is 0 Å². The number of nitrogens with zero attached hydrogens (tertiary/aromatic N) is 1. The molecule has 0 saturated heterocycles. The molecule has 0 amide bonds. The van der Waals surface area contributed by atoms with Crippen LogP contribution in [0, 0.1) is 0 Å². The second-order valence-electron chi connectivity index (χ2n) is 5.51. The molecule has 2 nitrogen and oxygen atoms in total. The van der Waals surface area contributed by atoms with Crippen molar-refractivity contribution in [3.8, 4) is 0 Å². The average Bonchev–Trinajstić information content (AvgIpc) is 2.75. The maximum absolute atomic E-state index is 5.83. The predicted octanol–water partition coefficient (Wildman–Crippen LogP) is 3.94. The van der Waals surface area contributed by atoms with Crippen molar-refractivity contribution in [2.45, 2.75) is 58.5 Å². The molecule has 0 spiro atoms. The molecule has 0 atom stereocenters. The van der Waals surface area contributed by atoms with Crippen molar-refractivity contribution >= 4 is 5.69 Å². The third-order valence-corrected chi connectivity index (χ3v) is 3.85. The highest BCUT2D eigenvalue weighted by atomic mass is 15.1. The highest BCUT2D eigenvalue weighted by Gasteiger charge is 2.17. The summed E-state index contributed by atoms with van der Waals surface area (Å²) in [7, 11) is 0. The standard InChI is InChI=1S/C16H26N2/c1-2-3-4-5-6-7-10-18-12-14-8-9-16(17)11-15(14)13-18/h8-9,11H,2-7,10,12-13,17H2,1H3. The van der Waals surface area contributed by atoms with Crippen LogP contribution in [0.4, 0.5) is 5.69 Å². The number of hydrogen-bond acceptors (Lipinski definition) is 2. The summed E-state index contributed by atoms with van der Waals surface area (Å²) in [5.74, 6) is 0. The fourth-order valence-corrected chi connectivity index (χ4v) is 2.76. The minimum Gasteiger partial charge on any atom is -0.399 e. The Morgan fingerprint density at radius 3 is 2.56 bits per heavy atom. The monoisotopic (exact) mass is 246 g/mol. The summed E-state index contributed by atoms with van der Waals surface area (Å²) in [6, 6.07) is 6.34. The Hall–Kier alpha value is -1.02. The first kappa shape index (κ1) is 13.4. The van der Waals surface area contributed by atoms with Gasteiger partial charge in [0.25, 0.3) is 0 Å². The number of benzene rings is 1. The summed E-state index contributed by atoms with van der Waals surface area (Å²) in [5.41, 5.74) is 9.62. The molecule has 1 aliphatic rings. The first-order valence-corrected chi connectivity index (χ1v) is 7.39. The number of fused-ring (bicyclic) bond motifs is 1. The number of hydrogen-bond donors (Lipinski definition) is 1. The molecule has 0 unspecified atom stereocenters. The van der Waals surface area contributed by atoms with Crippen LogP contribution >= 0.6 is 0 Å². The Kier molecular flexibility index (Phi) is 5.06. The Morgan fingerprint density at radius 2 is 1.72 bits per heavy atom. The summed E-state index contributed by atoms with van der Waals surface area (Å²) in [4.78, 5) is 2.55. The lowest BCUT2D eigenvalue weighted by Crippen LogP contribution is -2.17. The molecule has 0 saturated carbocycles. The van der Waals surface area contributed by atoms with E-state index in [1.165, 1.54) is 56.2 Å². The van der Waals surface area contributed by atoms with Crippen LogP contribution < -0.4 is 5.73 Å². The molecule has 0 fully saturated rings. The summed E-state index contributed by atoms with van der Waals surface area (Å²) in [5, 5.41) is 0. The van der Waals surface area contributed by atoms with E-state index in [4.69, 9.17) is 5.73 Å². The molecule has 2 N–H and O–H groups in total. The molecule has 2 rings (SSSR count).